The maximum atomic E-state index is 13.0. The van der Waals surface area contributed by atoms with Gasteiger partial charge in [0.15, 0.2) is 0 Å². The Morgan fingerprint density at radius 1 is 1.00 bits per heavy atom. The van der Waals surface area contributed by atoms with Crippen LogP contribution >= 0.6 is 0 Å². The Hall–Kier alpha value is -3.68. The Morgan fingerprint density at radius 2 is 1.70 bits per heavy atom. The van der Waals surface area contributed by atoms with E-state index in [1.807, 2.05) is 43.3 Å². The number of nitrogens with one attached hydrogen (secondary N) is 1. The summed E-state index contributed by atoms with van der Waals surface area (Å²) in [5.41, 5.74) is 0.568. The molecule has 3 aromatic rings. The fourth-order valence-electron chi connectivity index (χ4n) is 3.22. The van der Waals surface area contributed by atoms with E-state index in [0.29, 0.717) is 49.3 Å². The zero-order valence-corrected chi connectivity index (χ0v) is 16.6. The number of nitrogens with zero attached hydrogens (tertiary/aromatic N) is 4. The summed E-state index contributed by atoms with van der Waals surface area (Å²) in [4.78, 5) is 25.2. The number of hydrogen-bond donors (Lipinski definition) is 1. The first-order chi connectivity index (χ1) is 14.6. The molecule has 0 aliphatic carbocycles. The number of para-hydroxylation sites is 1. The topological polar surface area (TPSA) is 70.6 Å². The summed E-state index contributed by atoms with van der Waals surface area (Å²) in [6.07, 6.45) is 0. The average Bonchev–Trinajstić information content (AvgIpc) is 2.76. The molecule has 8 heteroatoms. The summed E-state index contributed by atoms with van der Waals surface area (Å²) in [5, 5.41) is 2.80. The molecule has 2 aromatic carbocycles. The quantitative estimate of drug-likeness (QED) is 0.706. The molecule has 1 saturated heterocycles. The van der Waals surface area contributed by atoms with Crippen molar-refractivity contribution in [3.8, 4) is 11.6 Å². The molecule has 1 aromatic heterocycles. The van der Waals surface area contributed by atoms with Gasteiger partial charge in [-0.2, -0.15) is 4.98 Å². The SMILES string of the molecule is Cc1nc(Oc2ccccc2)cc(N2CCN(C(=O)Nc3ccc(F)cc3)CC2)n1. The Morgan fingerprint density at radius 3 is 2.40 bits per heavy atom. The van der Waals surface area contributed by atoms with Gasteiger partial charge in [-0.15, -0.1) is 0 Å². The number of carbonyl (C=O) groups excluding carboxylic acids is 1. The zero-order chi connectivity index (χ0) is 20.9. The Kier molecular flexibility index (Phi) is 5.74. The second-order valence-corrected chi connectivity index (χ2v) is 6.94. The van der Waals surface area contributed by atoms with Crippen LogP contribution in [0.5, 0.6) is 11.6 Å². The number of carbonyl (C=O) groups is 1. The van der Waals surface area contributed by atoms with Gasteiger partial charge in [0.05, 0.1) is 0 Å². The smallest absolute Gasteiger partial charge is 0.321 e. The number of benzene rings is 2. The number of ether oxygens (including phenoxy) is 1. The van der Waals surface area contributed by atoms with Gasteiger partial charge in [0, 0.05) is 37.9 Å². The van der Waals surface area contributed by atoms with Crippen LogP contribution in [-0.4, -0.2) is 47.1 Å². The number of aromatic nitrogens is 2. The highest BCUT2D eigenvalue weighted by Gasteiger charge is 2.23. The summed E-state index contributed by atoms with van der Waals surface area (Å²) in [7, 11) is 0. The van der Waals surface area contributed by atoms with E-state index >= 15 is 0 Å². The summed E-state index contributed by atoms with van der Waals surface area (Å²) >= 11 is 0. The number of anilines is 2. The first-order valence-electron chi connectivity index (χ1n) is 9.72. The van der Waals surface area contributed by atoms with E-state index in [1.54, 1.807) is 17.0 Å². The van der Waals surface area contributed by atoms with Gasteiger partial charge >= 0.3 is 6.03 Å². The van der Waals surface area contributed by atoms with Crippen molar-refractivity contribution in [1.29, 1.82) is 0 Å². The van der Waals surface area contributed by atoms with Gasteiger partial charge < -0.3 is 19.9 Å². The van der Waals surface area contributed by atoms with Crippen LogP contribution in [0.1, 0.15) is 5.82 Å². The van der Waals surface area contributed by atoms with E-state index in [2.05, 4.69) is 20.2 Å². The molecule has 0 unspecified atom stereocenters. The molecule has 0 spiro atoms. The number of hydrogen-bond acceptors (Lipinski definition) is 5. The van der Waals surface area contributed by atoms with E-state index in [-0.39, 0.29) is 11.8 Å². The lowest BCUT2D eigenvalue weighted by Gasteiger charge is -2.35. The van der Waals surface area contributed by atoms with Gasteiger partial charge in [-0.3, -0.25) is 0 Å². The molecular weight excluding hydrogens is 385 g/mol. The zero-order valence-electron chi connectivity index (χ0n) is 16.6. The first kappa shape index (κ1) is 19.6. The van der Waals surface area contributed by atoms with Gasteiger partial charge in [0.1, 0.15) is 23.2 Å². The van der Waals surface area contributed by atoms with Crippen molar-refractivity contribution >= 4 is 17.5 Å². The summed E-state index contributed by atoms with van der Waals surface area (Å²) in [5.74, 6) is 2.25. The standard InChI is InChI=1S/C22H22FN5O2/c1-16-24-20(15-21(25-16)30-19-5-3-2-4-6-19)27-11-13-28(14-12-27)22(29)26-18-9-7-17(23)8-10-18/h2-10,15H,11-14H2,1H3,(H,26,29). The maximum absolute atomic E-state index is 13.0. The van der Waals surface area contributed by atoms with Crippen molar-refractivity contribution in [2.75, 3.05) is 36.4 Å². The molecule has 1 N–H and O–H groups in total. The van der Waals surface area contributed by atoms with E-state index < -0.39 is 0 Å². The second-order valence-electron chi connectivity index (χ2n) is 6.94. The fraction of sp³-hybridized carbons (Fsp3) is 0.227. The van der Waals surface area contributed by atoms with Crippen LogP contribution in [0.4, 0.5) is 20.7 Å². The minimum atomic E-state index is -0.336. The lowest BCUT2D eigenvalue weighted by molar-refractivity contribution is 0.208. The van der Waals surface area contributed by atoms with Crippen molar-refractivity contribution in [2.45, 2.75) is 6.92 Å². The molecule has 1 aliphatic rings. The third kappa shape index (κ3) is 4.83. The van der Waals surface area contributed by atoms with Crippen LogP contribution in [0, 0.1) is 12.7 Å². The molecule has 2 amide bonds. The molecule has 1 aliphatic heterocycles. The Bertz CT molecular complexity index is 1010. The third-order valence-electron chi connectivity index (χ3n) is 4.75. The molecule has 0 radical (unpaired) electrons. The highest BCUT2D eigenvalue weighted by molar-refractivity contribution is 5.89. The van der Waals surface area contributed by atoms with Gasteiger partial charge in [0.25, 0.3) is 0 Å². The van der Waals surface area contributed by atoms with Crippen molar-refractivity contribution < 1.29 is 13.9 Å². The predicted molar refractivity (Wildman–Crippen MR) is 112 cm³/mol. The minimum absolute atomic E-state index is 0.201. The minimum Gasteiger partial charge on any atom is -0.439 e. The molecular formula is C22H22FN5O2. The van der Waals surface area contributed by atoms with Crippen LogP contribution in [-0.2, 0) is 0 Å². The Labute approximate surface area is 174 Å². The highest BCUT2D eigenvalue weighted by Crippen LogP contribution is 2.24. The van der Waals surface area contributed by atoms with Crippen LogP contribution in [0.3, 0.4) is 0 Å². The van der Waals surface area contributed by atoms with Gasteiger partial charge in [0.2, 0.25) is 5.88 Å². The highest BCUT2D eigenvalue weighted by atomic mass is 19.1. The van der Waals surface area contributed by atoms with E-state index in [4.69, 9.17) is 4.74 Å². The van der Waals surface area contributed by atoms with Crippen molar-refractivity contribution in [3.05, 3.63) is 72.3 Å². The fourth-order valence-corrected chi connectivity index (χ4v) is 3.22. The van der Waals surface area contributed by atoms with E-state index in [0.717, 1.165) is 5.82 Å². The van der Waals surface area contributed by atoms with Crippen LogP contribution < -0.4 is 15.0 Å². The lowest BCUT2D eigenvalue weighted by Crippen LogP contribution is -2.50. The van der Waals surface area contributed by atoms with Crippen LogP contribution in [0.15, 0.2) is 60.7 Å². The monoisotopic (exact) mass is 407 g/mol. The Balaban J connectivity index is 1.37. The number of piperazine rings is 1. The molecule has 154 valence electrons. The molecule has 2 heterocycles. The normalized spacial score (nSPS) is 13.8. The molecule has 4 rings (SSSR count). The first-order valence-corrected chi connectivity index (χ1v) is 9.72. The van der Waals surface area contributed by atoms with Crippen molar-refractivity contribution in [3.63, 3.8) is 0 Å². The van der Waals surface area contributed by atoms with Crippen LogP contribution in [0.2, 0.25) is 0 Å². The van der Waals surface area contributed by atoms with E-state index in [9.17, 15) is 9.18 Å². The van der Waals surface area contributed by atoms with Gasteiger partial charge in [-0.1, -0.05) is 18.2 Å². The number of urea groups is 1. The molecule has 7 nitrogen and oxygen atoms in total. The number of aryl methyl sites for hydroxylation is 1. The summed E-state index contributed by atoms with van der Waals surface area (Å²) in [6, 6.07) is 16.8. The molecule has 30 heavy (non-hydrogen) atoms. The average molecular weight is 407 g/mol. The largest absolute Gasteiger partial charge is 0.439 e. The summed E-state index contributed by atoms with van der Waals surface area (Å²) in [6.45, 7) is 4.19. The predicted octanol–water partition coefficient (Wildman–Crippen LogP) is 4.07. The second kappa shape index (κ2) is 8.77. The lowest BCUT2D eigenvalue weighted by atomic mass is 10.3. The summed E-state index contributed by atoms with van der Waals surface area (Å²) < 4.78 is 18.9. The van der Waals surface area contributed by atoms with Gasteiger partial charge in [-0.25, -0.2) is 14.2 Å². The maximum Gasteiger partial charge on any atom is 0.321 e. The third-order valence-corrected chi connectivity index (χ3v) is 4.75. The molecule has 0 saturated carbocycles. The number of halogens is 1. The molecule has 1 fully saturated rings. The van der Waals surface area contributed by atoms with Crippen LogP contribution in [0.25, 0.3) is 0 Å². The van der Waals surface area contributed by atoms with E-state index in [1.165, 1.54) is 12.1 Å². The number of rotatable bonds is 4. The molecule has 0 atom stereocenters. The number of amides is 2. The van der Waals surface area contributed by atoms with Crippen molar-refractivity contribution in [2.24, 2.45) is 0 Å². The van der Waals surface area contributed by atoms with Gasteiger partial charge in [-0.05, 0) is 43.3 Å². The molecule has 0 bridgehead atoms. The van der Waals surface area contributed by atoms with Crippen molar-refractivity contribution in [1.82, 2.24) is 14.9 Å².